The second-order valence-corrected chi connectivity index (χ2v) is 9.29. The Bertz CT molecular complexity index is 1200. The summed E-state index contributed by atoms with van der Waals surface area (Å²) >= 11 is 1.24. The van der Waals surface area contributed by atoms with Crippen LogP contribution >= 0.6 is 11.3 Å². The minimum Gasteiger partial charge on any atom is -0.492 e. The summed E-state index contributed by atoms with van der Waals surface area (Å²) < 4.78 is 33.6. The molecule has 2 heterocycles. The van der Waals surface area contributed by atoms with Gasteiger partial charge in [0.25, 0.3) is 10.0 Å². The second kappa shape index (κ2) is 8.33. The highest BCUT2D eigenvalue weighted by Crippen LogP contribution is 2.39. The van der Waals surface area contributed by atoms with Crippen LogP contribution in [0.15, 0.2) is 77.1 Å². The molecule has 0 amide bonds. The van der Waals surface area contributed by atoms with E-state index in [1.807, 2.05) is 43.3 Å². The number of thiophene rings is 1. The Morgan fingerprint density at radius 2 is 1.80 bits per heavy atom. The first kappa shape index (κ1) is 20.2. The molecule has 0 unspecified atom stereocenters. The number of hydrogen-bond donors (Lipinski definition) is 1. The number of carbonyl (C=O) groups excluding carboxylic acids is 1. The largest absolute Gasteiger partial charge is 0.492 e. The highest BCUT2D eigenvalue weighted by Gasteiger charge is 2.41. The van der Waals surface area contributed by atoms with Crippen molar-refractivity contribution < 1.29 is 17.9 Å². The quantitative estimate of drug-likeness (QED) is 0.566. The predicted molar refractivity (Wildman–Crippen MR) is 120 cm³/mol. The minimum atomic E-state index is -4.04. The number of carbonyl (C=O) groups is 1. The van der Waals surface area contributed by atoms with Crippen molar-refractivity contribution in [3.63, 3.8) is 0 Å². The van der Waals surface area contributed by atoms with Gasteiger partial charge in [0, 0.05) is 6.20 Å². The normalized spacial score (nSPS) is 16.4. The van der Waals surface area contributed by atoms with E-state index >= 15 is 0 Å². The summed E-state index contributed by atoms with van der Waals surface area (Å²) in [5, 5.41) is 4.69. The van der Waals surface area contributed by atoms with Crippen LogP contribution in [0.1, 0.15) is 22.2 Å². The zero-order valence-corrected chi connectivity index (χ0v) is 17.9. The Morgan fingerprint density at radius 1 is 1.07 bits per heavy atom. The van der Waals surface area contributed by atoms with Crippen LogP contribution in [-0.2, 0) is 16.6 Å². The first-order chi connectivity index (χ1) is 14.5. The van der Waals surface area contributed by atoms with Crippen molar-refractivity contribution in [2.24, 2.45) is 0 Å². The van der Waals surface area contributed by atoms with Crippen molar-refractivity contribution in [2.45, 2.75) is 13.5 Å². The molecule has 0 fully saturated rings. The van der Waals surface area contributed by atoms with E-state index in [1.54, 1.807) is 29.6 Å². The summed E-state index contributed by atoms with van der Waals surface area (Å²) in [5.41, 5.74) is 1.84. The molecule has 1 aliphatic rings. The maximum absolute atomic E-state index is 13.4. The first-order valence-corrected chi connectivity index (χ1v) is 11.7. The summed E-state index contributed by atoms with van der Waals surface area (Å²) in [6, 6.07) is 18.1. The summed E-state index contributed by atoms with van der Waals surface area (Å²) in [5.74, 6) is 0.0705. The molecule has 1 N–H and O–H groups in total. The van der Waals surface area contributed by atoms with Crippen LogP contribution in [0.25, 0.3) is 0 Å². The van der Waals surface area contributed by atoms with Gasteiger partial charge in [-0.25, -0.2) is 8.42 Å². The number of nitrogens with zero attached hydrogens (tertiary/aromatic N) is 1. The van der Waals surface area contributed by atoms with Gasteiger partial charge in [0.1, 0.15) is 10.6 Å². The molecule has 1 aromatic heterocycles. The molecule has 0 atom stereocenters. The molecule has 0 radical (unpaired) electrons. The third-order valence-electron chi connectivity index (χ3n) is 4.63. The van der Waals surface area contributed by atoms with Crippen molar-refractivity contribution in [3.8, 4) is 5.75 Å². The van der Waals surface area contributed by atoms with E-state index < -0.39 is 15.8 Å². The summed E-state index contributed by atoms with van der Waals surface area (Å²) in [6.45, 7) is 2.48. The molecule has 8 heteroatoms. The third-order valence-corrected chi connectivity index (χ3v) is 7.29. The number of sulfonamides is 1. The van der Waals surface area contributed by atoms with Gasteiger partial charge in [0.2, 0.25) is 5.78 Å². The van der Waals surface area contributed by atoms with Crippen LogP contribution in [0, 0.1) is 0 Å². The Balaban J connectivity index is 1.74. The number of fused-ring (bicyclic) bond motifs is 1. The standard InChI is InChI=1S/C22H20N2O4S2/c1-2-28-19-11-7-6-10-17(19)23-14-20-21(25)22-18(12-13-29-22)24(30(20,26)27)15-16-8-4-3-5-9-16/h3-14,23H,2,15H2,1H3. The van der Waals surface area contributed by atoms with Gasteiger partial charge in [-0.3, -0.25) is 9.10 Å². The maximum atomic E-state index is 13.4. The average molecular weight is 441 g/mol. The number of benzene rings is 2. The number of nitrogens with one attached hydrogen (secondary N) is 1. The van der Waals surface area contributed by atoms with E-state index in [-0.39, 0.29) is 11.4 Å². The number of para-hydroxylation sites is 2. The van der Waals surface area contributed by atoms with Crippen molar-refractivity contribution in [1.29, 1.82) is 0 Å². The first-order valence-electron chi connectivity index (χ1n) is 9.39. The number of ketones is 1. The lowest BCUT2D eigenvalue weighted by Gasteiger charge is -2.29. The number of Topliss-reactive ketones (excluding diaryl/α,β-unsaturated/α-hetero) is 1. The maximum Gasteiger partial charge on any atom is 0.270 e. The van der Waals surface area contributed by atoms with E-state index in [4.69, 9.17) is 4.74 Å². The lowest BCUT2D eigenvalue weighted by molar-refractivity contribution is 0.104. The number of rotatable bonds is 6. The summed E-state index contributed by atoms with van der Waals surface area (Å²) in [4.78, 5) is 13.1. The van der Waals surface area contributed by atoms with Crippen molar-refractivity contribution in [3.05, 3.63) is 87.6 Å². The van der Waals surface area contributed by atoms with Crippen LogP contribution in [-0.4, -0.2) is 20.8 Å². The molecule has 154 valence electrons. The number of ether oxygens (including phenoxy) is 1. The Morgan fingerprint density at radius 3 is 2.57 bits per heavy atom. The van der Waals surface area contributed by atoms with Gasteiger partial charge in [-0.05, 0) is 36.1 Å². The number of hydrogen-bond acceptors (Lipinski definition) is 6. The van der Waals surface area contributed by atoms with Gasteiger partial charge < -0.3 is 10.1 Å². The van der Waals surface area contributed by atoms with Crippen LogP contribution in [0.3, 0.4) is 0 Å². The molecule has 0 aliphatic carbocycles. The van der Waals surface area contributed by atoms with E-state index in [9.17, 15) is 13.2 Å². The van der Waals surface area contributed by atoms with E-state index in [1.165, 1.54) is 21.8 Å². The highest BCUT2D eigenvalue weighted by atomic mass is 32.2. The molecule has 2 aromatic carbocycles. The van der Waals surface area contributed by atoms with Crippen LogP contribution in [0.4, 0.5) is 11.4 Å². The molecular formula is C22H20N2O4S2. The molecule has 1 aliphatic heterocycles. The topological polar surface area (TPSA) is 75.7 Å². The third kappa shape index (κ3) is 3.71. The molecule has 3 aromatic rings. The van der Waals surface area contributed by atoms with E-state index in [2.05, 4.69) is 5.32 Å². The highest BCUT2D eigenvalue weighted by molar-refractivity contribution is 7.97. The molecule has 0 saturated carbocycles. The fourth-order valence-electron chi connectivity index (χ4n) is 3.22. The van der Waals surface area contributed by atoms with E-state index in [0.29, 0.717) is 28.6 Å². The summed E-state index contributed by atoms with van der Waals surface area (Å²) in [6.07, 6.45) is 1.26. The smallest absolute Gasteiger partial charge is 0.270 e. The van der Waals surface area contributed by atoms with Gasteiger partial charge in [-0.2, -0.15) is 0 Å². The fraction of sp³-hybridized carbons (Fsp3) is 0.136. The number of anilines is 2. The molecule has 30 heavy (non-hydrogen) atoms. The molecule has 0 bridgehead atoms. The SMILES string of the molecule is CCOc1ccccc1NC=C1C(=O)c2sccc2N(Cc2ccccc2)S1(=O)=O. The second-order valence-electron chi connectivity index (χ2n) is 6.54. The Labute approximate surface area is 179 Å². The zero-order valence-electron chi connectivity index (χ0n) is 16.2. The predicted octanol–water partition coefficient (Wildman–Crippen LogP) is 4.63. The Kier molecular flexibility index (Phi) is 5.61. The lowest BCUT2D eigenvalue weighted by Crippen LogP contribution is -2.38. The van der Waals surface area contributed by atoms with Gasteiger partial charge in [-0.1, -0.05) is 42.5 Å². The van der Waals surface area contributed by atoms with Crippen LogP contribution in [0.2, 0.25) is 0 Å². The van der Waals surface area contributed by atoms with E-state index in [0.717, 1.165) is 5.56 Å². The molecular weight excluding hydrogens is 420 g/mol. The van der Waals surface area contributed by atoms with Crippen LogP contribution in [0.5, 0.6) is 5.75 Å². The van der Waals surface area contributed by atoms with Gasteiger partial charge in [0.15, 0.2) is 4.91 Å². The van der Waals surface area contributed by atoms with Crippen molar-refractivity contribution >= 4 is 38.5 Å². The molecule has 6 nitrogen and oxygen atoms in total. The molecule has 0 saturated heterocycles. The van der Waals surface area contributed by atoms with Crippen molar-refractivity contribution in [1.82, 2.24) is 0 Å². The lowest BCUT2D eigenvalue weighted by atomic mass is 10.2. The number of allylic oxidation sites excluding steroid dienone is 1. The average Bonchev–Trinajstić information content (AvgIpc) is 3.23. The molecule has 4 rings (SSSR count). The van der Waals surface area contributed by atoms with Crippen LogP contribution < -0.4 is 14.4 Å². The Hall–Kier alpha value is -3.10. The molecule has 0 spiro atoms. The van der Waals surface area contributed by atoms with Crippen molar-refractivity contribution in [2.75, 3.05) is 16.2 Å². The zero-order chi connectivity index (χ0) is 21.1. The fourth-order valence-corrected chi connectivity index (χ4v) is 5.70. The van der Waals surface area contributed by atoms with Gasteiger partial charge in [-0.15, -0.1) is 11.3 Å². The monoisotopic (exact) mass is 440 g/mol. The minimum absolute atomic E-state index is 0.146. The summed E-state index contributed by atoms with van der Waals surface area (Å²) in [7, 11) is -4.04. The van der Waals surface area contributed by atoms with Gasteiger partial charge >= 0.3 is 0 Å². The van der Waals surface area contributed by atoms with Gasteiger partial charge in [0.05, 0.1) is 24.5 Å².